The number of halogens is 2. The van der Waals surface area contributed by atoms with Crippen molar-refractivity contribution in [2.75, 3.05) is 10.6 Å². The molecule has 5 N–H and O–H groups in total. The van der Waals surface area contributed by atoms with Crippen LogP contribution in [0.3, 0.4) is 0 Å². The minimum atomic E-state index is -1.27. The number of carbonyl (C=O) groups is 3. The van der Waals surface area contributed by atoms with Crippen molar-refractivity contribution in [1.82, 2.24) is 9.69 Å². The van der Waals surface area contributed by atoms with Gasteiger partial charge in [-0.1, -0.05) is 24.4 Å². The third-order valence-corrected chi connectivity index (χ3v) is 6.72. The molecule has 0 saturated heterocycles. The molecule has 1 fully saturated rings. The second-order valence-electron chi connectivity index (χ2n) is 7.82. The van der Waals surface area contributed by atoms with E-state index in [2.05, 4.69) is 9.69 Å². The minimum absolute atomic E-state index is 0.0475. The van der Waals surface area contributed by atoms with Crippen molar-refractivity contribution >= 4 is 52.2 Å². The Kier molecular flexibility index (Phi) is 6.85. The highest BCUT2D eigenvalue weighted by molar-refractivity contribution is 7.09. The molecule has 178 valence electrons. The van der Waals surface area contributed by atoms with Crippen LogP contribution in [-0.2, 0) is 4.79 Å². The van der Waals surface area contributed by atoms with Gasteiger partial charge in [0.25, 0.3) is 17.7 Å². The summed E-state index contributed by atoms with van der Waals surface area (Å²) in [4.78, 5) is 39.9. The van der Waals surface area contributed by atoms with E-state index >= 15 is 0 Å². The Morgan fingerprint density at radius 2 is 2.00 bits per heavy atom. The number of benzene rings is 1. The van der Waals surface area contributed by atoms with Crippen LogP contribution in [0.25, 0.3) is 0 Å². The van der Waals surface area contributed by atoms with Crippen LogP contribution in [0.15, 0.2) is 41.0 Å². The zero-order chi connectivity index (χ0) is 24.4. The maximum Gasteiger partial charge on any atom is 0.273 e. The van der Waals surface area contributed by atoms with Crippen LogP contribution in [0.2, 0.25) is 5.02 Å². The lowest BCUT2D eigenvalue weighted by atomic mass is 10.1. The molecule has 1 saturated carbocycles. The lowest BCUT2D eigenvalue weighted by Gasteiger charge is -2.30. The highest BCUT2D eigenvalue weighted by Crippen LogP contribution is 2.35. The molecule has 1 aliphatic carbocycles. The predicted molar refractivity (Wildman–Crippen MR) is 125 cm³/mol. The Balaban J connectivity index is 1.83. The van der Waals surface area contributed by atoms with E-state index in [0.29, 0.717) is 11.5 Å². The zero-order valence-electron chi connectivity index (χ0n) is 17.8. The van der Waals surface area contributed by atoms with Gasteiger partial charge in [-0.2, -0.15) is 4.37 Å². The summed E-state index contributed by atoms with van der Waals surface area (Å²) in [6, 6.07) is 5.42. The Bertz CT molecular complexity index is 1230. The SMILES string of the molecule is NC(=O)c1nsc(C(=O)N(c2ccc(F)c(Cl)c2)C(C(=O)NC2CCCC2)c2ccco2)c1N. The van der Waals surface area contributed by atoms with Gasteiger partial charge in [-0.3, -0.25) is 19.3 Å². The molecule has 0 spiro atoms. The van der Waals surface area contributed by atoms with E-state index in [1.807, 2.05) is 0 Å². The summed E-state index contributed by atoms with van der Waals surface area (Å²) >= 11 is 6.67. The van der Waals surface area contributed by atoms with Gasteiger partial charge in [0.05, 0.1) is 17.0 Å². The highest BCUT2D eigenvalue weighted by atomic mass is 35.5. The van der Waals surface area contributed by atoms with Gasteiger partial charge in [-0.15, -0.1) is 0 Å². The molecule has 34 heavy (non-hydrogen) atoms. The van der Waals surface area contributed by atoms with Crippen molar-refractivity contribution in [3.05, 3.63) is 63.8 Å². The molecule has 3 aromatic rings. The number of primary amides is 1. The fourth-order valence-corrected chi connectivity index (χ4v) is 4.84. The average Bonchev–Trinajstić information content (AvgIpc) is 3.56. The second-order valence-corrected chi connectivity index (χ2v) is 9.00. The number of nitrogens with zero attached hydrogens (tertiary/aromatic N) is 2. The number of anilines is 2. The van der Waals surface area contributed by atoms with Crippen molar-refractivity contribution in [2.45, 2.75) is 37.8 Å². The molecule has 4 rings (SSSR count). The second kappa shape index (κ2) is 9.82. The van der Waals surface area contributed by atoms with Gasteiger partial charge in [0.1, 0.15) is 16.5 Å². The van der Waals surface area contributed by atoms with Crippen LogP contribution < -0.4 is 21.7 Å². The number of hydrogen-bond acceptors (Lipinski definition) is 7. The number of furan rings is 1. The number of rotatable bonds is 7. The van der Waals surface area contributed by atoms with Gasteiger partial charge < -0.3 is 21.2 Å². The van der Waals surface area contributed by atoms with Crippen molar-refractivity contribution in [2.24, 2.45) is 5.73 Å². The van der Waals surface area contributed by atoms with Crippen molar-refractivity contribution in [3.63, 3.8) is 0 Å². The molecule has 3 amide bonds. The molecule has 0 radical (unpaired) electrons. The van der Waals surface area contributed by atoms with Gasteiger partial charge in [-0.25, -0.2) is 4.39 Å². The smallest absolute Gasteiger partial charge is 0.273 e. The third-order valence-electron chi connectivity index (χ3n) is 5.58. The molecule has 2 aromatic heterocycles. The largest absolute Gasteiger partial charge is 0.467 e. The molecule has 1 unspecified atom stereocenters. The summed E-state index contributed by atoms with van der Waals surface area (Å²) in [5.74, 6) is -2.67. The fourth-order valence-electron chi connectivity index (χ4n) is 3.93. The minimum Gasteiger partial charge on any atom is -0.467 e. The number of carbonyl (C=O) groups excluding carboxylic acids is 3. The molecule has 1 aromatic carbocycles. The predicted octanol–water partition coefficient (Wildman–Crippen LogP) is 3.66. The number of amides is 3. The standard InChI is InChI=1S/C22H21ClFN5O4S/c23-13-10-12(7-8-14(13)24)29(22(32)19-16(25)17(20(26)30)28-34-19)18(15-6-3-9-33-15)21(31)27-11-4-1-2-5-11/h3,6-11,18H,1-2,4-5,25H2,(H2,26,30)(H,27,31). The molecule has 1 aliphatic rings. The molecule has 2 heterocycles. The van der Waals surface area contributed by atoms with Crippen molar-refractivity contribution in [3.8, 4) is 0 Å². The maximum atomic E-state index is 13.9. The summed E-state index contributed by atoms with van der Waals surface area (Å²) in [6.45, 7) is 0. The molecule has 1 atom stereocenters. The quantitative estimate of drug-likeness (QED) is 0.447. The molecule has 0 bridgehead atoms. The van der Waals surface area contributed by atoms with E-state index in [9.17, 15) is 18.8 Å². The molecule has 9 nitrogen and oxygen atoms in total. The van der Waals surface area contributed by atoms with E-state index < -0.39 is 29.6 Å². The monoisotopic (exact) mass is 505 g/mol. The Morgan fingerprint density at radius 1 is 1.26 bits per heavy atom. The molecule has 12 heteroatoms. The van der Waals surface area contributed by atoms with Crippen LogP contribution in [0, 0.1) is 5.82 Å². The fraction of sp³-hybridized carbons (Fsp3) is 0.273. The third kappa shape index (κ3) is 4.62. The molecule has 0 aliphatic heterocycles. The number of hydrogen-bond donors (Lipinski definition) is 3. The first-order chi connectivity index (χ1) is 16.3. The Morgan fingerprint density at radius 3 is 2.59 bits per heavy atom. The summed E-state index contributed by atoms with van der Waals surface area (Å²) in [7, 11) is 0. The number of aromatic nitrogens is 1. The van der Waals surface area contributed by atoms with Crippen LogP contribution in [0.4, 0.5) is 15.8 Å². The molecular formula is C22H21ClFN5O4S. The van der Waals surface area contributed by atoms with E-state index in [1.54, 1.807) is 12.1 Å². The topological polar surface area (TPSA) is 145 Å². The summed E-state index contributed by atoms with van der Waals surface area (Å²) < 4.78 is 23.3. The van der Waals surface area contributed by atoms with Gasteiger partial charge in [0.2, 0.25) is 0 Å². The van der Waals surface area contributed by atoms with Crippen LogP contribution in [0.1, 0.15) is 57.6 Å². The van der Waals surface area contributed by atoms with Crippen LogP contribution >= 0.6 is 23.1 Å². The zero-order valence-corrected chi connectivity index (χ0v) is 19.4. The molecular weight excluding hydrogens is 485 g/mol. The lowest BCUT2D eigenvalue weighted by Crippen LogP contribution is -2.46. The normalized spacial score (nSPS) is 14.6. The summed E-state index contributed by atoms with van der Waals surface area (Å²) in [6.07, 6.45) is 4.98. The van der Waals surface area contributed by atoms with E-state index in [-0.39, 0.29) is 38.8 Å². The van der Waals surface area contributed by atoms with Crippen LogP contribution in [-0.4, -0.2) is 28.1 Å². The average molecular weight is 506 g/mol. The van der Waals surface area contributed by atoms with Crippen LogP contribution in [0.5, 0.6) is 0 Å². The first kappa shape index (κ1) is 23.7. The Hall–Kier alpha value is -3.44. The van der Waals surface area contributed by atoms with Crippen molar-refractivity contribution in [1.29, 1.82) is 0 Å². The number of nitrogens with two attached hydrogens (primary N) is 2. The van der Waals surface area contributed by atoms with Gasteiger partial charge in [-0.05, 0) is 54.7 Å². The van der Waals surface area contributed by atoms with Gasteiger partial charge in [0.15, 0.2) is 11.7 Å². The summed E-state index contributed by atoms with van der Waals surface area (Å²) in [5.41, 5.74) is 10.9. The first-order valence-electron chi connectivity index (χ1n) is 10.4. The lowest BCUT2D eigenvalue weighted by molar-refractivity contribution is -0.123. The highest BCUT2D eigenvalue weighted by Gasteiger charge is 2.38. The number of nitrogens with one attached hydrogen (secondary N) is 1. The first-order valence-corrected chi connectivity index (χ1v) is 11.6. The van der Waals surface area contributed by atoms with E-state index in [0.717, 1.165) is 36.6 Å². The maximum absolute atomic E-state index is 13.9. The van der Waals surface area contributed by atoms with Gasteiger partial charge in [0, 0.05) is 11.7 Å². The van der Waals surface area contributed by atoms with E-state index in [4.69, 9.17) is 27.5 Å². The van der Waals surface area contributed by atoms with Gasteiger partial charge >= 0.3 is 0 Å². The summed E-state index contributed by atoms with van der Waals surface area (Å²) in [5, 5.41) is 2.72. The van der Waals surface area contributed by atoms with E-state index in [1.165, 1.54) is 18.4 Å². The Labute approximate surface area is 203 Å². The van der Waals surface area contributed by atoms with Crippen molar-refractivity contribution < 1.29 is 23.2 Å². The number of nitrogen functional groups attached to an aromatic ring is 1.